The van der Waals surface area contributed by atoms with E-state index in [0.717, 1.165) is 0 Å². The molecule has 1 aromatic carbocycles. The van der Waals surface area contributed by atoms with Crippen molar-refractivity contribution in [2.45, 2.75) is 39.7 Å². The second-order valence-electron chi connectivity index (χ2n) is 4.26. The van der Waals surface area contributed by atoms with Crippen LogP contribution in [-0.4, -0.2) is 40.1 Å². The number of aromatic hydroxyl groups is 2. The standard InChI is InChI=1S/C13H18N2O4.C2H6/c1-8-5-9(16)6-12(17)10(8)7-15-11(13(18)19)3-2-4-14;1-2/h5-7,11,16-17H,2-4,14H2,1H3,(H,18,19);1-2H3. The van der Waals surface area contributed by atoms with Gasteiger partial charge in [-0.05, 0) is 37.9 Å². The van der Waals surface area contributed by atoms with E-state index in [1.165, 1.54) is 18.3 Å². The van der Waals surface area contributed by atoms with Gasteiger partial charge >= 0.3 is 5.97 Å². The molecule has 1 unspecified atom stereocenters. The Morgan fingerprint density at radius 2 is 2.00 bits per heavy atom. The summed E-state index contributed by atoms with van der Waals surface area (Å²) < 4.78 is 0. The molecule has 21 heavy (non-hydrogen) atoms. The van der Waals surface area contributed by atoms with Gasteiger partial charge in [0.2, 0.25) is 0 Å². The zero-order chi connectivity index (χ0) is 16.4. The van der Waals surface area contributed by atoms with E-state index in [4.69, 9.17) is 10.8 Å². The van der Waals surface area contributed by atoms with Gasteiger partial charge in [-0.25, -0.2) is 4.79 Å². The van der Waals surface area contributed by atoms with Crippen molar-refractivity contribution < 1.29 is 20.1 Å². The highest BCUT2D eigenvalue weighted by Gasteiger charge is 2.15. The number of carboxylic acids is 1. The van der Waals surface area contributed by atoms with E-state index in [-0.39, 0.29) is 11.5 Å². The lowest BCUT2D eigenvalue weighted by Crippen LogP contribution is -2.19. The summed E-state index contributed by atoms with van der Waals surface area (Å²) in [5.74, 6) is -1.21. The highest BCUT2D eigenvalue weighted by molar-refractivity contribution is 5.88. The van der Waals surface area contributed by atoms with Crippen molar-refractivity contribution >= 4 is 12.2 Å². The van der Waals surface area contributed by atoms with Gasteiger partial charge in [-0.15, -0.1) is 0 Å². The summed E-state index contributed by atoms with van der Waals surface area (Å²) in [6, 6.07) is 1.77. The minimum absolute atomic E-state index is 0.0509. The lowest BCUT2D eigenvalue weighted by molar-refractivity contribution is -0.138. The molecule has 5 N–H and O–H groups in total. The molecule has 0 aromatic heterocycles. The molecule has 6 heteroatoms. The van der Waals surface area contributed by atoms with E-state index in [2.05, 4.69) is 4.99 Å². The molecule has 1 aromatic rings. The van der Waals surface area contributed by atoms with Crippen LogP contribution in [0.3, 0.4) is 0 Å². The number of nitrogens with zero attached hydrogens (tertiary/aromatic N) is 1. The van der Waals surface area contributed by atoms with Gasteiger partial charge in [-0.3, -0.25) is 4.99 Å². The van der Waals surface area contributed by atoms with Gasteiger partial charge in [-0.1, -0.05) is 13.8 Å². The molecule has 0 amide bonds. The molecular formula is C15H24N2O4. The zero-order valence-electron chi connectivity index (χ0n) is 12.7. The third-order valence-corrected chi connectivity index (χ3v) is 2.70. The molecule has 0 bridgehead atoms. The summed E-state index contributed by atoms with van der Waals surface area (Å²) in [7, 11) is 0. The molecule has 0 aliphatic rings. The van der Waals surface area contributed by atoms with Crippen molar-refractivity contribution in [2.75, 3.05) is 6.54 Å². The fourth-order valence-corrected chi connectivity index (χ4v) is 1.67. The van der Waals surface area contributed by atoms with E-state index in [1.807, 2.05) is 13.8 Å². The van der Waals surface area contributed by atoms with Crippen LogP contribution < -0.4 is 5.73 Å². The van der Waals surface area contributed by atoms with Crippen LogP contribution >= 0.6 is 0 Å². The minimum atomic E-state index is -1.03. The quantitative estimate of drug-likeness (QED) is 0.599. The molecule has 0 aliphatic carbocycles. The Hall–Kier alpha value is -2.08. The maximum atomic E-state index is 11.0. The number of hydrogen-bond acceptors (Lipinski definition) is 5. The second kappa shape index (κ2) is 9.77. The van der Waals surface area contributed by atoms with Crippen molar-refractivity contribution in [3.05, 3.63) is 23.3 Å². The smallest absolute Gasteiger partial charge is 0.328 e. The third-order valence-electron chi connectivity index (χ3n) is 2.70. The van der Waals surface area contributed by atoms with Crippen LogP contribution in [0, 0.1) is 6.92 Å². The van der Waals surface area contributed by atoms with Crippen molar-refractivity contribution in [1.82, 2.24) is 0 Å². The zero-order valence-corrected chi connectivity index (χ0v) is 12.7. The summed E-state index contributed by atoms with van der Waals surface area (Å²) in [5.41, 5.74) is 6.35. The Balaban J connectivity index is 0.00000191. The molecule has 1 rings (SSSR count). The highest BCUT2D eigenvalue weighted by Crippen LogP contribution is 2.25. The first-order valence-electron chi connectivity index (χ1n) is 6.94. The van der Waals surface area contributed by atoms with Crippen LogP contribution in [0.5, 0.6) is 11.5 Å². The molecule has 0 spiro atoms. The first-order valence-corrected chi connectivity index (χ1v) is 6.94. The van der Waals surface area contributed by atoms with E-state index >= 15 is 0 Å². The van der Waals surface area contributed by atoms with Crippen LogP contribution in [0.1, 0.15) is 37.8 Å². The van der Waals surface area contributed by atoms with E-state index in [9.17, 15) is 15.0 Å². The number of phenols is 2. The van der Waals surface area contributed by atoms with Gasteiger partial charge in [0.15, 0.2) is 0 Å². The van der Waals surface area contributed by atoms with Crippen LogP contribution in [0.2, 0.25) is 0 Å². The van der Waals surface area contributed by atoms with Crippen molar-refractivity contribution in [2.24, 2.45) is 10.7 Å². The number of carboxylic acid groups (broad SMARTS) is 1. The summed E-state index contributed by atoms with van der Waals surface area (Å²) in [6.45, 7) is 6.10. The molecule has 1 atom stereocenters. The number of aliphatic imine (C=N–C) groups is 1. The Kier molecular flexibility index (Phi) is 8.80. The molecular weight excluding hydrogens is 272 g/mol. The van der Waals surface area contributed by atoms with Crippen LogP contribution in [0.4, 0.5) is 0 Å². The second-order valence-corrected chi connectivity index (χ2v) is 4.26. The fourth-order valence-electron chi connectivity index (χ4n) is 1.67. The summed E-state index contributed by atoms with van der Waals surface area (Å²) >= 11 is 0. The molecule has 0 saturated heterocycles. The Morgan fingerprint density at radius 3 is 2.48 bits per heavy atom. The van der Waals surface area contributed by atoms with Crippen LogP contribution in [0.15, 0.2) is 17.1 Å². The van der Waals surface area contributed by atoms with Gasteiger partial charge in [0.25, 0.3) is 0 Å². The fraction of sp³-hybridized carbons (Fsp3) is 0.467. The Labute approximate surface area is 125 Å². The lowest BCUT2D eigenvalue weighted by Gasteiger charge is -2.08. The summed E-state index contributed by atoms with van der Waals surface area (Å²) in [4.78, 5) is 15.0. The van der Waals surface area contributed by atoms with Crippen molar-refractivity contribution in [3.8, 4) is 11.5 Å². The van der Waals surface area contributed by atoms with E-state index in [0.29, 0.717) is 30.5 Å². The topological polar surface area (TPSA) is 116 Å². The molecule has 0 radical (unpaired) electrons. The predicted molar refractivity (Wildman–Crippen MR) is 83.2 cm³/mol. The summed E-state index contributed by atoms with van der Waals surface area (Å²) in [5, 5.41) is 28.0. The van der Waals surface area contributed by atoms with Crippen molar-refractivity contribution in [1.29, 1.82) is 0 Å². The number of hydrogen-bond donors (Lipinski definition) is 4. The Morgan fingerprint density at radius 1 is 1.38 bits per heavy atom. The number of rotatable bonds is 6. The molecule has 0 saturated carbocycles. The van der Waals surface area contributed by atoms with Gasteiger partial charge in [0, 0.05) is 17.8 Å². The molecule has 118 valence electrons. The number of benzene rings is 1. The normalized spacial score (nSPS) is 11.8. The number of aryl methyl sites for hydroxylation is 1. The van der Waals surface area contributed by atoms with Gasteiger partial charge in [0.1, 0.15) is 17.5 Å². The number of aliphatic carboxylic acids is 1. The first-order chi connectivity index (χ1) is 9.95. The van der Waals surface area contributed by atoms with Crippen LogP contribution in [-0.2, 0) is 4.79 Å². The van der Waals surface area contributed by atoms with Gasteiger partial charge in [-0.2, -0.15) is 0 Å². The van der Waals surface area contributed by atoms with E-state index in [1.54, 1.807) is 6.92 Å². The van der Waals surface area contributed by atoms with Gasteiger partial charge in [0.05, 0.1) is 0 Å². The van der Waals surface area contributed by atoms with Crippen LogP contribution in [0.25, 0.3) is 0 Å². The Bertz CT molecular complexity index is 464. The van der Waals surface area contributed by atoms with Gasteiger partial charge < -0.3 is 21.1 Å². The van der Waals surface area contributed by atoms with Crippen molar-refractivity contribution in [3.63, 3.8) is 0 Å². The molecule has 0 aliphatic heterocycles. The third kappa shape index (κ3) is 6.27. The SMILES string of the molecule is CC.Cc1cc(O)cc(O)c1C=NC(CCCN)C(=O)O. The highest BCUT2D eigenvalue weighted by atomic mass is 16.4. The minimum Gasteiger partial charge on any atom is -0.508 e. The maximum absolute atomic E-state index is 11.0. The number of carbonyl (C=O) groups is 1. The average Bonchev–Trinajstić information content (AvgIpc) is 2.42. The maximum Gasteiger partial charge on any atom is 0.328 e. The number of phenolic OH excluding ortho intramolecular Hbond substituents is 2. The molecule has 0 fully saturated rings. The molecule has 6 nitrogen and oxygen atoms in total. The monoisotopic (exact) mass is 296 g/mol. The lowest BCUT2D eigenvalue weighted by atomic mass is 10.1. The first kappa shape index (κ1) is 18.9. The largest absolute Gasteiger partial charge is 0.508 e. The number of nitrogens with two attached hydrogens (primary N) is 1. The average molecular weight is 296 g/mol. The van der Waals surface area contributed by atoms with E-state index < -0.39 is 12.0 Å². The summed E-state index contributed by atoms with van der Waals surface area (Å²) in [6.07, 6.45) is 2.23. The predicted octanol–water partition coefficient (Wildman–Crippen LogP) is 2.04. The molecule has 0 heterocycles.